The second kappa shape index (κ2) is 7.72. The highest BCUT2D eigenvalue weighted by Crippen LogP contribution is 2.34. The molecule has 0 spiro atoms. The summed E-state index contributed by atoms with van der Waals surface area (Å²) in [6.45, 7) is 3.86. The summed E-state index contributed by atoms with van der Waals surface area (Å²) in [5, 5.41) is 5.45. The number of benzene rings is 1. The number of ether oxygens (including phenoxy) is 3. The van der Waals surface area contributed by atoms with Crippen molar-refractivity contribution in [3.05, 3.63) is 35.0 Å². The molecule has 0 bridgehead atoms. The molecule has 0 saturated heterocycles. The number of amides is 2. The van der Waals surface area contributed by atoms with Gasteiger partial charge < -0.3 is 24.8 Å². The Balaban J connectivity index is 2.52. The highest BCUT2D eigenvalue weighted by Gasteiger charge is 2.33. The van der Waals surface area contributed by atoms with Crippen molar-refractivity contribution in [3.63, 3.8) is 0 Å². The summed E-state index contributed by atoms with van der Waals surface area (Å²) in [4.78, 5) is 24.4. The van der Waals surface area contributed by atoms with Crippen LogP contribution in [0.15, 0.2) is 29.5 Å². The Morgan fingerprint density at radius 2 is 1.88 bits per heavy atom. The Labute approximate surface area is 141 Å². The third-order valence-electron chi connectivity index (χ3n) is 3.74. The molecule has 1 aliphatic rings. The van der Waals surface area contributed by atoms with Gasteiger partial charge in [-0.05, 0) is 31.0 Å². The van der Waals surface area contributed by atoms with Gasteiger partial charge in [-0.2, -0.15) is 0 Å². The third-order valence-corrected chi connectivity index (χ3v) is 3.74. The normalized spacial score (nSPS) is 17.0. The maximum Gasteiger partial charge on any atom is 0.338 e. The lowest BCUT2D eigenvalue weighted by Gasteiger charge is -2.29. The highest BCUT2D eigenvalue weighted by molar-refractivity contribution is 5.95. The molecular formula is C17H22N2O5. The van der Waals surface area contributed by atoms with Gasteiger partial charge in [0.15, 0.2) is 11.5 Å². The number of hydrogen-bond donors (Lipinski definition) is 2. The topological polar surface area (TPSA) is 85.9 Å². The van der Waals surface area contributed by atoms with Crippen LogP contribution >= 0.6 is 0 Å². The lowest BCUT2D eigenvalue weighted by atomic mass is 9.94. The predicted octanol–water partition coefficient (Wildman–Crippen LogP) is 2.28. The molecule has 1 atom stereocenters. The lowest BCUT2D eigenvalue weighted by molar-refractivity contribution is -0.139. The number of carbonyl (C=O) groups is 2. The van der Waals surface area contributed by atoms with Crippen LogP contribution in [0.4, 0.5) is 4.79 Å². The van der Waals surface area contributed by atoms with E-state index < -0.39 is 12.0 Å². The summed E-state index contributed by atoms with van der Waals surface area (Å²) in [5.74, 6) is 0.629. The van der Waals surface area contributed by atoms with Gasteiger partial charge in [-0.25, -0.2) is 9.59 Å². The largest absolute Gasteiger partial charge is 0.493 e. The number of nitrogens with one attached hydrogen (secondary N) is 2. The van der Waals surface area contributed by atoms with Crippen LogP contribution in [0.2, 0.25) is 0 Å². The zero-order valence-electron chi connectivity index (χ0n) is 14.3. The van der Waals surface area contributed by atoms with E-state index in [1.54, 1.807) is 32.2 Å². The van der Waals surface area contributed by atoms with Gasteiger partial charge in [0.25, 0.3) is 0 Å². The third kappa shape index (κ3) is 3.45. The second-order valence-electron chi connectivity index (χ2n) is 5.11. The predicted molar refractivity (Wildman–Crippen MR) is 87.9 cm³/mol. The van der Waals surface area contributed by atoms with Gasteiger partial charge in [0, 0.05) is 5.70 Å². The van der Waals surface area contributed by atoms with Crippen molar-refractivity contribution in [2.45, 2.75) is 26.3 Å². The summed E-state index contributed by atoms with van der Waals surface area (Å²) in [7, 11) is 3.07. The van der Waals surface area contributed by atoms with Crippen LogP contribution in [0.25, 0.3) is 0 Å². The first-order valence-electron chi connectivity index (χ1n) is 7.75. The van der Waals surface area contributed by atoms with E-state index in [-0.39, 0.29) is 12.6 Å². The standard InChI is InChI=1S/C17H22N2O5/c1-5-11-14(16(20)24-6-2)15(19-17(21)18-11)10-7-8-12(22-3)13(9-10)23-4/h7-9,15H,5-6H2,1-4H3,(H2,18,19,21). The Morgan fingerprint density at radius 3 is 2.46 bits per heavy atom. The first-order chi connectivity index (χ1) is 11.5. The molecule has 7 nitrogen and oxygen atoms in total. The minimum absolute atomic E-state index is 0.256. The van der Waals surface area contributed by atoms with Gasteiger partial charge in [0.2, 0.25) is 0 Å². The molecule has 24 heavy (non-hydrogen) atoms. The maximum absolute atomic E-state index is 12.4. The van der Waals surface area contributed by atoms with E-state index in [0.717, 1.165) is 0 Å². The molecule has 1 aromatic carbocycles. The molecule has 0 aromatic heterocycles. The molecule has 130 valence electrons. The van der Waals surface area contributed by atoms with Crippen molar-refractivity contribution in [3.8, 4) is 11.5 Å². The Morgan fingerprint density at radius 1 is 1.17 bits per heavy atom. The molecule has 2 rings (SSSR count). The monoisotopic (exact) mass is 334 g/mol. The lowest BCUT2D eigenvalue weighted by Crippen LogP contribution is -2.45. The molecule has 0 aliphatic carbocycles. The number of methoxy groups -OCH3 is 2. The molecule has 1 heterocycles. The smallest absolute Gasteiger partial charge is 0.338 e. The van der Waals surface area contributed by atoms with Crippen molar-refractivity contribution in [2.75, 3.05) is 20.8 Å². The van der Waals surface area contributed by atoms with Gasteiger partial charge in [0.05, 0.1) is 32.4 Å². The molecule has 0 fully saturated rings. The zero-order valence-corrected chi connectivity index (χ0v) is 14.3. The average molecular weight is 334 g/mol. The van der Waals surface area contributed by atoms with Crippen LogP contribution in [0.1, 0.15) is 31.9 Å². The summed E-state index contributed by atoms with van der Waals surface area (Å²) in [6, 6.07) is 4.27. The van der Waals surface area contributed by atoms with E-state index in [1.807, 2.05) is 6.92 Å². The number of carbonyl (C=O) groups excluding carboxylic acids is 2. The molecule has 7 heteroatoms. The summed E-state index contributed by atoms with van der Waals surface area (Å²) < 4.78 is 15.7. The molecular weight excluding hydrogens is 312 g/mol. The quantitative estimate of drug-likeness (QED) is 0.780. The fourth-order valence-electron chi connectivity index (χ4n) is 2.63. The van der Waals surface area contributed by atoms with Gasteiger partial charge in [-0.1, -0.05) is 13.0 Å². The Bertz CT molecular complexity index is 669. The van der Waals surface area contributed by atoms with E-state index in [0.29, 0.717) is 34.8 Å². The van der Waals surface area contributed by atoms with E-state index in [1.165, 1.54) is 7.11 Å². The van der Waals surface area contributed by atoms with E-state index in [9.17, 15) is 9.59 Å². The number of urea groups is 1. The van der Waals surface area contributed by atoms with Crippen molar-refractivity contribution in [2.24, 2.45) is 0 Å². The first kappa shape index (κ1) is 17.7. The minimum atomic E-state index is -0.618. The minimum Gasteiger partial charge on any atom is -0.493 e. The van der Waals surface area contributed by atoms with Gasteiger partial charge in [-0.3, -0.25) is 0 Å². The van der Waals surface area contributed by atoms with Crippen LogP contribution in [-0.2, 0) is 9.53 Å². The summed E-state index contributed by atoms with van der Waals surface area (Å²) in [5.41, 5.74) is 1.65. The zero-order chi connectivity index (χ0) is 17.7. The first-order valence-corrected chi connectivity index (χ1v) is 7.75. The number of hydrogen-bond acceptors (Lipinski definition) is 5. The van der Waals surface area contributed by atoms with Crippen molar-refractivity contribution in [1.82, 2.24) is 10.6 Å². The highest BCUT2D eigenvalue weighted by atomic mass is 16.5. The number of esters is 1. The Hall–Kier alpha value is -2.70. The van der Waals surface area contributed by atoms with Crippen LogP contribution in [0.3, 0.4) is 0 Å². The maximum atomic E-state index is 12.4. The molecule has 1 aliphatic heterocycles. The molecule has 0 radical (unpaired) electrons. The summed E-state index contributed by atoms with van der Waals surface area (Å²) >= 11 is 0. The number of rotatable bonds is 6. The molecule has 0 saturated carbocycles. The summed E-state index contributed by atoms with van der Waals surface area (Å²) in [6.07, 6.45) is 0.505. The SMILES string of the molecule is CCOC(=O)C1=C(CC)NC(=O)NC1c1ccc(OC)c(OC)c1. The average Bonchev–Trinajstić information content (AvgIpc) is 2.60. The fraction of sp³-hybridized carbons (Fsp3) is 0.412. The van der Waals surface area contributed by atoms with Crippen LogP contribution in [0.5, 0.6) is 11.5 Å². The van der Waals surface area contributed by atoms with Crippen molar-refractivity contribution < 1.29 is 23.8 Å². The Kier molecular flexibility index (Phi) is 5.68. The number of allylic oxidation sites excluding steroid dienone is 1. The molecule has 1 aromatic rings. The van der Waals surface area contributed by atoms with E-state index in [4.69, 9.17) is 14.2 Å². The van der Waals surface area contributed by atoms with Crippen LogP contribution in [-0.4, -0.2) is 32.8 Å². The second-order valence-corrected chi connectivity index (χ2v) is 5.11. The van der Waals surface area contributed by atoms with Gasteiger partial charge >= 0.3 is 12.0 Å². The van der Waals surface area contributed by atoms with Gasteiger partial charge in [-0.15, -0.1) is 0 Å². The van der Waals surface area contributed by atoms with Gasteiger partial charge in [0.1, 0.15) is 0 Å². The van der Waals surface area contributed by atoms with Crippen LogP contribution in [0, 0.1) is 0 Å². The van der Waals surface area contributed by atoms with Crippen LogP contribution < -0.4 is 20.1 Å². The van der Waals surface area contributed by atoms with Crippen molar-refractivity contribution >= 4 is 12.0 Å². The van der Waals surface area contributed by atoms with E-state index >= 15 is 0 Å². The fourth-order valence-corrected chi connectivity index (χ4v) is 2.63. The van der Waals surface area contributed by atoms with Crippen molar-refractivity contribution in [1.29, 1.82) is 0 Å². The molecule has 2 N–H and O–H groups in total. The molecule has 2 amide bonds. The molecule has 1 unspecified atom stereocenters. The van der Waals surface area contributed by atoms with E-state index in [2.05, 4.69) is 10.6 Å².